The van der Waals surface area contributed by atoms with Gasteiger partial charge < -0.3 is 15.2 Å². The maximum absolute atomic E-state index is 12.2. The number of carbonyl (C=O) groups excluding carboxylic acids is 1. The van der Waals surface area contributed by atoms with Gasteiger partial charge in [-0.15, -0.1) is 0 Å². The smallest absolute Gasteiger partial charge is 0.323 e. The van der Waals surface area contributed by atoms with E-state index in [1.165, 1.54) is 0 Å². The molecule has 0 atom stereocenters. The lowest BCUT2D eigenvalue weighted by atomic mass is 10.1. The number of nitrogens with one attached hydrogen (secondary N) is 2. The number of para-hydroxylation sites is 1. The third kappa shape index (κ3) is 3.85. The average molecular weight is 336 g/mol. The number of aromatic nitrogens is 2. The second-order valence-electron chi connectivity index (χ2n) is 5.79. The molecular weight excluding hydrogens is 316 g/mol. The van der Waals surface area contributed by atoms with E-state index in [4.69, 9.17) is 4.52 Å². The number of nitrogens with zero attached hydrogens (tertiary/aromatic N) is 2. The summed E-state index contributed by atoms with van der Waals surface area (Å²) in [5, 5.41) is 9.66. The van der Waals surface area contributed by atoms with Crippen molar-refractivity contribution in [2.45, 2.75) is 27.2 Å². The van der Waals surface area contributed by atoms with Crippen LogP contribution in [0.3, 0.4) is 0 Å². The van der Waals surface area contributed by atoms with Crippen LogP contribution in [0.2, 0.25) is 0 Å². The molecule has 0 aliphatic rings. The van der Waals surface area contributed by atoms with Gasteiger partial charge in [0, 0.05) is 23.4 Å². The molecule has 0 saturated heterocycles. The number of carbonyl (C=O) groups is 1. The number of benzene rings is 2. The van der Waals surface area contributed by atoms with Crippen molar-refractivity contribution in [3.8, 4) is 11.4 Å². The number of aryl methyl sites for hydroxylation is 3. The van der Waals surface area contributed by atoms with Gasteiger partial charge >= 0.3 is 6.03 Å². The fourth-order valence-electron chi connectivity index (χ4n) is 2.51. The molecule has 1 aromatic heterocycles. The van der Waals surface area contributed by atoms with E-state index in [2.05, 4.69) is 20.8 Å². The molecule has 2 aromatic carbocycles. The summed E-state index contributed by atoms with van der Waals surface area (Å²) in [5.41, 5.74) is 4.40. The van der Waals surface area contributed by atoms with E-state index in [-0.39, 0.29) is 6.03 Å². The van der Waals surface area contributed by atoms with E-state index in [0.717, 1.165) is 22.4 Å². The zero-order valence-corrected chi connectivity index (χ0v) is 14.5. The van der Waals surface area contributed by atoms with E-state index in [0.29, 0.717) is 23.8 Å². The Kier molecular flexibility index (Phi) is 4.79. The van der Waals surface area contributed by atoms with Crippen LogP contribution in [0.5, 0.6) is 0 Å². The van der Waals surface area contributed by atoms with E-state index in [1.54, 1.807) is 0 Å². The Morgan fingerprint density at radius 1 is 1.04 bits per heavy atom. The Hall–Kier alpha value is -3.15. The van der Waals surface area contributed by atoms with E-state index in [1.807, 2.05) is 63.2 Å². The van der Waals surface area contributed by atoms with Gasteiger partial charge in [0.15, 0.2) is 0 Å². The monoisotopic (exact) mass is 336 g/mol. The van der Waals surface area contributed by atoms with Crippen LogP contribution in [-0.2, 0) is 6.42 Å². The second kappa shape index (κ2) is 7.17. The van der Waals surface area contributed by atoms with Gasteiger partial charge in [0.1, 0.15) is 0 Å². The molecule has 0 bridgehead atoms. The van der Waals surface area contributed by atoms with Crippen LogP contribution in [0.1, 0.15) is 23.9 Å². The van der Waals surface area contributed by atoms with Crippen molar-refractivity contribution in [1.29, 1.82) is 0 Å². The molecule has 2 N–H and O–H groups in total. The maximum atomic E-state index is 12.2. The Labute approximate surface area is 146 Å². The van der Waals surface area contributed by atoms with Crippen LogP contribution in [0.15, 0.2) is 47.0 Å². The zero-order valence-electron chi connectivity index (χ0n) is 14.5. The average Bonchev–Trinajstić information content (AvgIpc) is 3.08. The van der Waals surface area contributed by atoms with Gasteiger partial charge in [-0.25, -0.2) is 4.79 Å². The highest BCUT2D eigenvalue weighted by atomic mass is 16.5. The lowest BCUT2D eigenvalue weighted by molar-refractivity contribution is 0.262. The molecule has 0 aliphatic heterocycles. The van der Waals surface area contributed by atoms with Gasteiger partial charge in [-0.05, 0) is 49.2 Å². The van der Waals surface area contributed by atoms with Crippen molar-refractivity contribution in [3.63, 3.8) is 0 Å². The number of urea groups is 1. The molecule has 3 aromatic rings. The summed E-state index contributed by atoms with van der Waals surface area (Å²) < 4.78 is 5.11. The Bertz CT molecular complexity index is 864. The number of amides is 2. The third-order valence-electron chi connectivity index (χ3n) is 3.89. The van der Waals surface area contributed by atoms with Crippen molar-refractivity contribution in [2.75, 3.05) is 10.6 Å². The topological polar surface area (TPSA) is 80.0 Å². The highest BCUT2D eigenvalue weighted by molar-refractivity contribution is 6.00. The van der Waals surface area contributed by atoms with Crippen LogP contribution < -0.4 is 10.6 Å². The molecular formula is C19H20N4O2. The largest absolute Gasteiger partial charge is 0.339 e. The van der Waals surface area contributed by atoms with Crippen molar-refractivity contribution in [2.24, 2.45) is 0 Å². The van der Waals surface area contributed by atoms with Crippen LogP contribution in [0.25, 0.3) is 11.4 Å². The van der Waals surface area contributed by atoms with Gasteiger partial charge in [0.2, 0.25) is 11.7 Å². The summed E-state index contributed by atoms with van der Waals surface area (Å²) >= 11 is 0. The van der Waals surface area contributed by atoms with E-state index in [9.17, 15) is 4.79 Å². The molecule has 0 unspecified atom stereocenters. The lowest BCUT2D eigenvalue weighted by Gasteiger charge is -2.12. The molecule has 3 rings (SSSR count). The summed E-state index contributed by atoms with van der Waals surface area (Å²) in [6.45, 7) is 5.89. The molecule has 6 nitrogen and oxygen atoms in total. The second-order valence-corrected chi connectivity index (χ2v) is 5.79. The zero-order chi connectivity index (χ0) is 17.8. The first kappa shape index (κ1) is 16.7. The Balaban J connectivity index is 1.68. The Morgan fingerprint density at radius 2 is 1.72 bits per heavy atom. The molecule has 0 spiro atoms. The maximum Gasteiger partial charge on any atom is 0.323 e. The standard InChI is InChI=1S/C19H20N4O2/c1-4-16-21-18(23-25-16)14-8-10-15(11-9-14)20-19(24)22-17-12(2)6-5-7-13(17)3/h5-11H,4H2,1-3H3,(H2,20,22,24). The number of anilines is 2. The minimum Gasteiger partial charge on any atom is -0.339 e. The fraction of sp³-hybridized carbons (Fsp3) is 0.211. The van der Waals surface area contributed by atoms with Gasteiger partial charge in [0.05, 0.1) is 0 Å². The summed E-state index contributed by atoms with van der Waals surface area (Å²) in [5.74, 6) is 1.15. The van der Waals surface area contributed by atoms with Crippen molar-refractivity contribution < 1.29 is 9.32 Å². The minimum atomic E-state index is -0.280. The molecule has 0 aliphatic carbocycles. The van der Waals surface area contributed by atoms with Crippen molar-refractivity contribution in [3.05, 3.63) is 59.5 Å². The SMILES string of the molecule is CCc1nc(-c2ccc(NC(=O)Nc3c(C)cccc3C)cc2)no1. The number of rotatable bonds is 4. The molecule has 128 valence electrons. The van der Waals surface area contributed by atoms with Crippen LogP contribution in [-0.4, -0.2) is 16.2 Å². The van der Waals surface area contributed by atoms with Gasteiger partial charge in [-0.2, -0.15) is 4.98 Å². The van der Waals surface area contributed by atoms with Crippen molar-refractivity contribution >= 4 is 17.4 Å². The molecule has 25 heavy (non-hydrogen) atoms. The molecule has 6 heteroatoms. The van der Waals surface area contributed by atoms with Crippen LogP contribution >= 0.6 is 0 Å². The van der Waals surface area contributed by atoms with E-state index >= 15 is 0 Å². The van der Waals surface area contributed by atoms with Gasteiger partial charge in [-0.3, -0.25) is 0 Å². The lowest BCUT2D eigenvalue weighted by Crippen LogP contribution is -2.20. The quantitative estimate of drug-likeness (QED) is 0.732. The van der Waals surface area contributed by atoms with Gasteiger partial charge in [-0.1, -0.05) is 30.3 Å². The predicted octanol–water partition coefficient (Wildman–Crippen LogP) is 4.56. The van der Waals surface area contributed by atoms with Crippen LogP contribution in [0, 0.1) is 13.8 Å². The van der Waals surface area contributed by atoms with Gasteiger partial charge in [0.25, 0.3) is 0 Å². The first-order valence-electron chi connectivity index (χ1n) is 8.14. The fourth-order valence-corrected chi connectivity index (χ4v) is 2.51. The van der Waals surface area contributed by atoms with E-state index < -0.39 is 0 Å². The summed E-state index contributed by atoms with van der Waals surface area (Å²) in [4.78, 5) is 16.5. The third-order valence-corrected chi connectivity index (χ3v) is 3.89. The number of hydrogen-bond donors (Lipinski definition) is 2. The Morgan fingerprint density at radius 3 is 2.32 bits per heavy atom. The first-order chi connectivity index (χ1) is 12.1. The summed E-state index contributed by atoms with van der Waals surface area (Å²) in [6, 6.07) is 12.9. The molecule has 1 heterocycles. The molecule has 2 amide bonds. The summed E-state index contributed by atoms with van der Waals surface area (Å²) in [6.07, 6.45) is 0.700. The van der Waals surface area contributed by atoms with Crippen molar-refractivity contribution in [1.82, 2.24) is 10.1 Å². The normalized spacial score (nSPS) is 10.5. The highest BCUT2D eigenvalue weighted by Crippen LogP contribution is 2.21. The highest BCUT2D eigenvalue weighted by Gasteiger charge is 2.09. The predicted molar refractivity (Wildman–Crippen MR) is 97.7 cm³/mol. The molecule has 0 saturated carbocycles. The minimum absolute atomic E-state index is 0.280. The first-order valence-corrected chi connectivity index (χ1v) is 8.14. The van der Waals surface area contributed by atoms with Crippen LogP contribution in [0.4, 0.5) is 16.2 Å². The summed E-state index contributed by atoms with van der Waals surface area (Å²) in [7, 11) is 0. The number of hydrogen-bond acceptors (Lipinski definition) is 4. The molecule has 0 fully saturated rings. The molecule has 0 radical (unpaired) electrons.